The minimum atomic E-state index is -0.486. The quantitative estimate of drug-likeness (QED) is 0.601. The van der Waals surface area contributed by atoms with Gasteiger partial charge in [0.1, 0.15) is 17.9 Å². The second-order valence-corrected chi connectivity index (χ2v) is 4.36. The maximum Gasteiger partial charge on any atom is 0.312 e. The average molecular weight is 270 g/mol. The van der Waals surface area contributed by atoms with Crippen molar-refractivity contribution in [3.8, 4) is 0 Å². The fourth-order valence-corrected chi connectivity index (χ4v) is 1.85. The number of hydrogen-bond acceptors (Lipinski definition) is 5. The molecule has 0 aliphatic rings. The second-order valence-electron chi connectivity index (χ2n) is 4.36. The van der Waals surface area contributed by atoms with Crippen LogP contribution in [0.2, 0.25) is 0 Å². The van der Waals surface area contributed by atoms with E-state index >= 15 is 0 Å². The lowest BCUT2D eigenvalue weighted by atomic mass is 10.3. The molecule has 0 saturated carbocycles. The lowest BCUT2D eigenvalue weighted by molar-refractivity contribution is -0.386. The Hall–Kier alpha value is -1.96. The largest absolute Gasteiger partial charge is 0.383 e. The Morgan fingerprint density at radius 2 is 2.21 bits per heavy atom. The first kappa shape index (κ1) is 15.1. The molecule has 0 unspecified atom stereocenters. The number of carbonyl (C=O) groups is 1. The van der Waals surface area contributed by atoms with E-state index in [0.29, 0.717) is 18.0 Å². The third-order valence-corrected chi connectivity index (χ3v) is 2.64. The van der Waals surface area contributed by atoms with E-state index in [1.165, 1.54) is 4.68 Å². The van der Waals surface area contributed by atoms with Crippen molar-refractivity contribution in [1.29, 1.82) is 0 Å². The molecule has 1 N–H and O–H groups in total. The first-order chi connectivity index (χ1) is 8.86. The number of nitro groups is 1. The molecule has 0 aliphatic heterocycles. The highest BCUT2D eigenvalue weighted by atomic mass is 16.6. The average Bonchev–Trinajstić information content (AvgIpc) is 2.53. The van der Waals surface area contributed by atoms with Crippen LogP contribution in [0.4, 0.5) is 5.69 Å². The van der Waals surface area contributed by atoms with Crippen LogP contribution < -0.4 is 5.32 Å². The number of amides is 1. The van der Waals surface area contributed by atoms with Crippen molar-refractivity contribution in [3.63, 3.8) is 0 Å². The third kappa shape index (κ3) is 3.75. The molecule has 0 spiro atoms. The van der Waals surface area contributed by atoms with Gasteiger partial charge in [0, 0.05) is 13.2 Å². The Labute approximate surface area is 110 Å². The van der Waals surface area contributed by atoms with Gasteiger partial charge in [-0.1, -0.05) is 0 Å². The van der Waals surface area contributed by atoms with Gasteiger partial charge in [0.2, 0.25) is 5.91 Å². The summed E-state index contributed by atoms with van der Waals surface area (Å²) in [7, 11) is 1.55. The van der Waals surface area contributed by atoms with Gasteiger partial charge in [-0.2, -0.15) is 5.10 Å². The molecule has 0 aromatic carbocycles. The van der Waals surface area contributed by atoms with Crippen molar-refractivity contribution < 1.29 is 14.5 Å². The van der Waals surface area contributed by atoms with Crippen molar-refractivity contribution in [1.82, 2.24) is 15.1 Å². The zero-order valence-corrected chi connectivity index (χ0v) is 11.5. The van der Waals surface area contributed by atoms with Crippen molar-refractivity contribution in [2.75, 3.05) is 13.7 Å². The van der Waals surface area contributed by atoms with E-state index in [9.17, 15) is 14.9 Å². The summed E-state index contributed by atoms with van der Waals surface area (Å²) in [5.74, 6) is -0.259. The molecule has 0 bridgehead atoms. The molecular weight excluding hydrogens is 252 g/mol. The number of carbonyl (C=O) groups excluding carboxylic acids is 1. The summed E-state index contributed by atoms with van der Waals surface area (Å²) in [5, 5.41) is 17.6. The number of hydrogen-bond donors (Lipinski definition) is 1. The lowest BCUT2D eigenvalue weighted by Gasteiger charge is -2.12. The third-order valence-electron chi connectivity index (χ3n) is 2.64. The van der Waals surface area contributed by atoms with Crippen LogP contribution >= 0.6 is 0 Å². The van der Waals surface area contributed by atoms with Gasteiger partial charge in [0.05, 0.1) is 11.5 Å². The molecule has 1 heterocycles. The Morgan fingerprint density at radius 3 is 2.68 bits per heavy atom. The number of nitrogens with one attached hydrogen (secondary N) is 1. The van der Waals surface area contributed by atoms with E-state index in [1.54, 1.807) is 21.0 Å². The molecule has 1 amide bonds. The lowest BCUT2D eigenvalue weighted by Crippen LogP contribution is -2.38. The van der Waals surface area contributed by atoms with Crippen LogP contribution in [-0.4, -0.2) is 40.4 Å². The Balaban J connectivity index is 2.75. The van der Waals surface area contributed by atoms with E-state index in [0.717, 1.165) is 0 Å². The van der Waals surface area contributed by atoms with Gasteiger partial charge >= 0.3 is 5.69 Å². The van der Waals surface area contributed by atoms with E-state index in [2.05, 4.69) is 10.4 Å². The van der Waals surface area contributed by atoms with E-state index in [4.69, 9.17) is 4.74 Å². The molecule has 1 aromatic heterocycles. The van der Waals surface area contributed by atoms with Crippen molar-refractivity contribution in [2.45, 2.75) is 33.4 Å². The predicted octanol–water partition coefficient (Wildman–Crippen LogP) is 0.559. The fraction of sp³-hybridized carbons (Fsp3) is 0.636. The number of aryl methyl sites for hydroxylation is 1. The fourth-order valence-electron chi connectivity index (χ4n) is 1.85. The maximum atomic E-state index is 11.7. The molecular formula is C11H18N4O4. The molecule has 8 nitrogen and oxygen atoms in total. The monoisotopic (exact) mass is 270 g/mol. The summed E-state index contributed by atoms with van der Waals surface area (Å²) in [4.78, 5) is 22.1. The van der Waals surface area contributed by atoms with Crippen LogP contribution in [0.25, 0.3) is 0 Å². The summed E-state index contributed by atoms with van der Waals surface area (Å²) in [6, 6.07) is -0.121. The number of nitrogens with zero attached hydrogens (tertiary/aromatic N) is 3. The van der Waals surface area contributed by atoms with Crippen LogP contribution in [0.1, 0.15) is 18.3 Å². The number of aromatic nitrogens is 2. The molecule has 106 valence electrons. The van der Waals surface area contributed by atoms with Crippen molar-refractivity contribution >= 4 is 11.6 Å². The first-order valence-electron chi connectivity index (χ1n) is 5.83. The highest BCUT2D eigenvalue weighted by Crippen LogP contribution is 2.21. The number of methoxy groups -OCH3 is 1. The second kappa shape index (κ2) is 6.28. The van der Waals surface area contributed by atoms with Gasteiger partial charge in [-0.15, -0.1) is 0 Å². The van der Waals surface area contributed by atoms with Gasteiger partial charge in [-0.3, -0.25) is 19.6 Å². The Kier molecular flexibility index (Phi) is 4.99. The minimum Gasteiger partial charge on any atom is -0.383 e. The first-order valence-corrected chi connectivity index (χ1v) is 5.83. The van der Waals surface area contributed by atoms with Crippen molar-refractivity contribution in [3.05, 3.63) is 21.5 Å². The molecule has 1 rings (SSSR count). The SMILES string of the molecule is COC[C@@H](C)NC(=O)Cn1nc(C)c([N+](=O)[O-])c1C. The molecule has 0 radical (unpaired) electrons. The molecule has 1 aromatic rings. The van der Waals surface area contributed by atoms with Crippen molar-refractivity contribution in [2.24, 2.45) is 0 Å². The normalized spacial score (nSPS) is 12.2. The maximum absolute atomic E-state index is 11.7. The molecule has 0 aliphatic carbocycles. The van der Waals surface area contributed by atoms with Crippen LogP contribution in [0, 0.1) is 24.0 Å². The highest BCUT2D eigenvalue weighted by Gasteiger charge is 2.22. The zero-order chi connectivity index (χ0) is 14.6. The molecule has 19 heavy (non-hydrogen) atoms. The van der Waals surface area contributed by atoms with Crippen LogP contribution in [-0.2, 0) is 16.1 Å². The predicted molar refractivity (Wildman–Crippen MR) is 67.8 cm³/mol. The van der Waals surface area contributed by atoms with Crippen LogP contribution in [0.5, 0.6) is 0 Å². The highest BCUT2D eigenvalue weighted by molar-refractivity contribution is 5.76. The van der Waals surface area contributed by atoms with Gasteiger partial charge in [-0.25, -0.2) is 0 Å². The van der Waals surface area contributed by atoms with Gasteiger partial charge in [0.25, 0.3) is 0 Å². The van der Waals surface area contributed by atoms with E-state index < -0.39 is 4.92 Å². The summed E-state index contributed by atoms with van der Waals surface area (Å²) in [6.45, 7) is 5.29. The van der Waals surface area contributed by atoms with Gasteiger partial charge in [0.15, 0.2) is 0 Å². The summed E-state index contributed by atoms with van der Waals surface area (Å²) in [5.41, 5.74) is 0.634. The van der Waals surface area contributed by atoms with Gasteiger partial charge in [-0.05, 0) is 20.8 Å². The molecule has 1 atom stereocenters. The zero-order valence-electron chi connectivity index (χ0n) is 11.5. The topological polar surface area (TPSA) is 99.3 Å². The van der Waals surface area contributed by atoms with Crippen LogP contribution in [0.15, 0.2) is 0 Å². The minimum absolute atomic E-state index is 0.0438. The Bertz CT molecular complexity index is 483. The van der Waals surface area contributed by atoms with E-state index in [1.807, 2.05) is 6.92 Å². The standard InChI is InChI=1S/C11H18N4O4/c1-7(6-19-4)12-10(16)5-14-9(3)11(15(17)18)8(2)13-14/h7H,5-6H2,1-4H3,(H,12,16)/t7-/m1/s1. The summed E-state index contributed by atoms with van der Waals surface area (Å²) < 4.78 is 6.24. The summed E-state index contributed by atoms with van der Waals surface area (Å²) in [6.07, 6.45) is 0. The molecule has 0 fully saturated rings. The van der Waals surface area contributed by atoms with E-state index in [-0.39, 0.29) is 24.2 Å². The Morgan fingerprint density at radius 1 is 1.58 bits per heavy atom. The number of rotatable bonds is 6. The smallest absolute Gasteiger partial charge is 0.312 e. The van der Waals surface area contributed by atoms with Crippen LogP contribution in [0.3, 0.4) is 0 Å². The molecule has 0 saturated heterocycles. The number of ether oxygens (including phenoxy) is 1. The molecule has 8 heteroatoms. The van der Waals surface area contributed by atoms with Gasteiger partial charge < -0.3 is 10.1 Å². The summed E-state index contributed by atoms with van der Waals surface area (Å²) >= 11 is 0.